The van der Waals surface area contributed by atoms with Gasteiger partial charge in [0, 0.05) is 6.42 Å². The van der Waals surface area contributed by atoms with Crippen LogP contribution >= 0.6 is 0 Å². The van der Waals surface area contributed by atoms with Crippen molar-refractivity contribution in [1.82, 2.24) is 5.32 Å². The van der Waals surface area contributed by atoms with Crippen molar-refractivity contribution in [2.24, 2.45) is 0 Å². The molecule has 2 atom stereocenters. The van der Waals surface area contributed by atoms with Crippen molar-refractivity contribution in [3.05, 3.63) is 24.3 Å². The van der Waals surface area contributed by atoms with Crippen molar-refractivity contribution in [2.45, 2.75) is 257 Å². The second kappa shape index (κ2) is 40.5. The number of carbonyl (C=O) groups is 1. The van der Waals surface area contributed by atoms with E-state index in [2.05, 4.69) is 31.3 Å². The predicted octanol–water partition coefficient (Wildman–Crippen LogP) is 13.9. The molecule has 53 heavy (non-hydrogen) atoms. The SMILES string of the molecule is CCCCCCCCCCCCC/C=C/CC/C=C/C(O)C(CS(=O)(=O)O)NC(=O)CCCCCCCCCCCCCCCCCCCCCCC. The Morgan fingerprint density at radius 3 is 1.19 bits per heavy atom. The third kappa shape index (κ3) is 41.8. The summed E-state index contributed by atoms with van der Waals surface area (Å²) in [6.45, 7) is 4.54. The van der Waals surface area contributed by atoms with Crippen molar-refractivity contribution >= 4 is 16.0 Å². The number of hydrogen-bond acceptors (Lipinski definition) is 4. The topological polar surface area (TPSA) is 104 Å². The van der Waals surface area contributed by atoms with Crippen LogP contribution in [-0.2, 0) is 14.9 Å². The zero-order valence-corrected chi connectivity index (χ0v) is 36.0. The van der Waals surface area contributed by atoms with Crippen LogP contribution in [0.5, 0.6) is 0 Å². The van der Waals surface area contributed by atoms with Gasteiger partial charge in [-0.3, -0.25) is 9.35 Å². The first-order valence-corrected chi connectivity index (χ1v) is 24.6. The van der Waals surface area contributed by atoms with Crippen LogP contribution in [0.25, 0.3) is 0 Å². The average Bonchev–Trinajstić information content (AvgIpc) is 3.12. The predicted molar refractivity (Wildman–Crippen MR) is 230 cm³/mol. The maximum absolute atomic E-state index is 12.5. The summed E-state index contributed by atoms with van der Waals surface area (Å²) >= 11 is 0. The summed E-state index contributed by atoms with van der Waals surface area (Å²) in [5.74, 6) is -0.989. The monoisotopic (exact) mass is 768 g/mol. The lowest BCUT2D eigenvalue weighted by Gasteiger charge is -2.21. The molecule has 1 amide bonds. The summed E-state index contributed by atoms with van der Waals surface area (Å²) in [7, 11) is -4.35. The van der Waals surface area contributed by atoms with Gasteiger partial charge in [0.15, 0.2) is 0 Å². The number of amides is 1. The van der Waals surface area contributed by atoms with Crippen LogP contribution in [0, 0.1) is 0 Å². The molecule has 0 spiro atoms. The molecule has 2 unspecified atom stereocenters. The van der Waals surface area contributed by atoms with E-state index in [1.807, 2.05) is 6.08 Å². The van der Waals surface area contributed by atoms with Crippen LogP contribution in [0.1, 0.15) is 245 Å². The van der Waals surface area contributed by atoms with E-state index < -0.39 is 28.0 Å². The van der Waals surface area contributed by atoms with Gasteiger partial charge >= 0.3 is 0 Å². The van der Waals surface area contributed by atoms with E-state index in [4.69, 9.17) is 0 Å². The molecule has 0 aliphatic rings. The number of carbonyl (C=O) groups excluding carboxylic acids is 1. The van der Waals surface area contributed by atoms with E-state index in [0.717, 1.165) is 38.5 Å². The molecular formula is C46H89NO5S. The molecule has 0 aromatic heterocycles. The van der Waals surface area contributed by atoms with E-state index >= 15 is 0 Å². The molecule has 0 heterocycles. The number of allylic oxidation sites excluding steroid dienone is 3. The summed E-state index contributed by atoms with van der Waals surface area (Å²) in [5.41, 5.74) is 0. The van der Waals surface area contributed by atoms with E-state index in [-0.39, 0.29) is 5.91 Å². The summed E-state index contributed by atoms with van der Waals surface area (Å²) in [6, 6.07) is -1.07. The van der Waals surface area contributed by atoms with Gasteiger partial charge in [-0.2, -0.15) is 8.42 Å². The minimum Gasteiger partial charge on any atom is -0.387 e. The number of hydrogen-bond donors (Lipinski definition) is 3. The first-order valence-electron chi connectivity index (χ1n) is 23.0. The lowest BCUT2D eigenvalue weighted by atomic mass is 10.0. The van der Waals surface area contributed by atoms with Gasteiger partial charge in [-0.15, -0.1) is 0 Å². The summed E-state index contributed by atoms with van der Waals surface area (Å²) in [5, 5.41) is 13.2. The number of aliphatic hydroxyl groups excluding tert-OH is 1. The lowest BCUT2D eigenvalue weighted by molar-refractivity contribution is -0.122. The molecule has 0 bridgehead atoms. The van der Waals surface area contributed by atoms with Crippen LogP contribution in [0.3, 0.4) is 0 Å². The molecule has 0 rings (SSSR count). The minimum atomic E-state index is -4.35. The standard InChI is InChI=1S/C46H89NO5S/c1-3-5-7-9-11-13-15-17-19-21-22-23-24-26-28-30-32-34-36-38-40-42-46(49)47-44(43-53(50,51)52)45(48)41-39-37-35-33-31-29-27-25-20-18-16-14-12-10-8-6-4-2/h31,33,39,41,44-45,48H,3-30,32,34-38,40,42-43H2,1-2H3,(H,47,49)(H,50,51,52)/b33-31+,41-39+. The molecule has 3 N–H and O–H groups in total. The molecule has 314 valence electrons. The molecular weight excluding hydrogens is 679 g/mol. The zero-order valence-electron chi connectivity index (χ0n) is 35.2. The zero-order chi connectivity index (χ0) is 38.9. The Labute approximate surface area is 330 Å². The van der Waals surface area contributed by atoms with Crippen LogP contribution in [0.15, 0.2) is 24.3 Å². The van der Waals surface area contributed by atoms with Gasteiger partial charge in [0.05, 0.1) is 17.9 Å². The average molecular weight is 768 g/mol. The second-order valence-corrected chi connectivity index (χ2v) is 17.5. The molecule has 0 aromatic rings. The Kier molecular flexibility index (Phi) is 39.6. The Bertz CT molecular complexity index is 934. The summed E-state index contributed by atoms with van der Waals surface area (Å²) in [4.78, 5) is 12.5. The maximum atomic E-state index is 12.5. The molecule has 0 fully saturated rings. The molecule has 0 aliphatic heterocycles. The minimum absolute atomic E-state index is 0.283. The lowest BCUT2D eigenvalue weighted by Crippen LogP contribution is -2.46. The van der Waals surface area contributed by atoms with Gasteiger partial charge in [0.25, 0.3) is 10.1 Å². The van der Waals surface area contributed by atoms with Crippen LogP contribution in [0.4, 0.5) is 0 Å². The first-order chi connectivity index (χ1) is 25.8. The molecule has 0 radical (unpaired) electrons. The van der Waals surface area contributed by atoms with E-state index in [1.54, 1.807) is 0 Å². The van der Waals surface area contributed by atoms with Crippen molar-refractivity contribution in [3.8, 4) is 0 Å². The van der Waals surface area contributed by atoms with Crippen molar-refractivity contribution in [1.29, 1.82) is 0 Å². The Morgan fingerprint density at radius 1 is 0.491 bits per heavy atom. The summed E-state index contributed by atoms with van der Waals surface area (Å²) < 4.78 is 32.6. The van der Waals surface area contributed by atoms with Crippen LogP contribution < -0.4 is 5.32 Å². The Morgan fingerprint density at radius 2 is 0.811 bits per heavy atom. The molecule has 0 saturated heterocycles. The van der Waals surface area contributed by atoms with E-state index in [1.165, 1.54) is 192 Å². The highest BCUT2D eigenvalue weighted by atomic mass is 32.2. The highest BCUT2D eigenvalue weighted by Crippen LogP contribution is 2.16. The van der Waals surface area contributed by atoms with Crippen molar-refractivity contribution in [3.63, 3.8) is 0 Å². The van der Waals surface area contributed by atoms with Crippen LogP contribution in [0.2, 0.25) is 0 Å². The van der Waals surface area contributed by atoms with Crippen molar-refractivity contribution < 1.29 is 22.9 Å². The Hall–Kier alpha value is -1.18. The molecule has 0 saturated carbocycles. The number of unbranched alkanes of at least 4 members (excludes halogenated alkanes) is 32. The summed E-state index contributed by atoms with van der Waals surface area (Å²) in [6.07, 6.45) is 51.8. The molecule has 7 heteroatoms. The highest BCUT2D eigenvalue weighted by Gasteiger charge is 2.24. The van der Waals surface area contributed by atoms with Gasteiger partial charge in [-0.1, -0.05) is 231 Å². The largest absolute Gasteiger partial charge is 0.387 e. The highest BCUT2D eigenvalue weighted by molar-refractivity contribution is 7.85. The molecule has 0 aromatic carbocycles. The second-order valence-electron chi connectivity index (χ2n) is 16.0. The van der Waals surface area contributed by atoms with Gasteiger partial charge in [0.1, 0.15) is 0 Å². The third-order valence-electron chi connectivity index (χ3n) is 10.6. The number of aliphatic hydroxyl groups is 1. The van der Waals surface area contributed by atoms with Crippen LogP contribution in [-0.4, -0.2) is 41.9 Å². The fourth-order valence-electron chi connectivity index (χ4n) is 7.17. The number of nitrogens with one attached hydrogen (secondary N) is 1. The molecule has 0 aliphatic carbocycles. The number of rotatable bonds is 42. The van der Waals surface area contributed by atoms with Crippen molar-refractivity contribution in [2.75, 3.05) is 5.75 Å². The third-order valence-corrected chi connectivity index (χ3v) is 11.4. The fraction of sp³-hybridized carbons (Fsp3) is 0.891. The van der Waals surface area contributed by atoms with Gasteiger partial charge < -0.3 is 10.4 Å². The van der Waals surface area contributed by atoms with E-state index in [9.17, 15) is 22.9 Å². The van der Waals surface area contributed by atoms with Gasteiger partial charge in [-0.05, 0) is 32.1 Å². The molecule has 6 nitrogen and oxygen atoms in total. The maximum Gasteiger partial charge on any atom is 0.267 e. The van der Waals surface area contributed by atoms with E-state index in [0.29, 0.717) is 6.42 Å². The fourth-order valence-corrected chi connectivity index (χ4v) is 7.91. The van der Waals surface area contributed by atoms with Gasteiger partial charge in [-0.25, -0.2) is 0 Å². The van der Waals surface area contributed by atoms with Gasteiger partial charge in [0.2, 0.25) is 5.91 Å². The normalized spacial score (nSPS) is 13.4. The first kappa shape index (κ1) is 51.8. The quantitative estimate of drug-likeness (QED) is 0.0326. The smallest absolute Gasteiger partial charge is 0.267 e. The Balaban J connectivity index is 3.85.